The Morgan fingerprint density at radius 2 is 1.79 bits per heavy atom. The Bertz CT molecular complexity index is 178. The van der Waals surface area contributed by atoms with Crippen molar-refractivity contribution in [1.82, 2.24) is 4.90 Å². The molecule has 0 saturated heterocycles. The molecule has 0 rings (SSSR count). The van der Waals surface area contributed by atoms with E-state index in [1.807, 2.05) is 20.9 Å². The highest BCUT2D eigenvalue weighted by atomic mass is 16.2. The smallest absolute Gasteiger partial charge is 0.224 e. The summed E-state index contributed by atoms with van der Waals surface area (Å²) in [6, 6.07) is 0.192. The Kier molecular flexibility index (Phi) is 5.77. The van der Waals surface area contributed by atoms with Crippen molar-refractivity contribution < 1.29 is 4.79 Å². The molecule has 84 valence electrons. The lowest BCUT2D eigenvalue weighted by molar-refractivity contribution is -0.133. The molecular weight excluding hydrogens is 176 g/mol. The predicted molar refractivity (Wildman–Crippen MR) is 59.9 cm³/mol. The number of rotatable bonds is 5. The lowest BCUT2D eigenvalue weighted by Crippen LogP contribution is -2.36. The van der Waals surface area contributed by atoms with Crippen LogP contribution in [0.5, 0.6) is 0 Å². The zero-order valence-electron chi connectivity index (χ0n) is 10.1. The average molecular weight is 200 g/mol. The molecule has 1 amide bonds. The Hall–Kier alpha value is -0.570. The second-order valence-electron chi connectivity index (χ2n) is 4.61. The van der Waals surface area contributed by atoms with E-state index in [9.17, 15) is 4.79 Å². The third kappa shape index (κ3) is 4.61. The summed E-state index contributed by atoms with van der Waals surface area (Å²) >= 11 is 0. The molecule has 0 aromatic carbocycles. The van der Waals surface area contributed by atoms with Gasteiger partial charge in [0, 0.05) is 25.6 Å². The minimum atomic E-state index is 0.0790. The standard InChI is InChI=1S/C11H24N2O/c1-8(2)10(12)6-7-13(5)11(14)9(3)4/h8-10H,6-7,12H2,1-5H3/t10-/m0/s1. The van der Waals surface area contributed by atoms with Gasteiger partial charge in [-0.1, -0.05) is 27.7 Å². The van der Waals surface area contributed by atoms with Gasteiger partial charge < -0.3 is 10.6 Å². The van der Waals surface area contributed by atoms with E-state index in [2.05, 4.69) is 13.8 Å². The fraction of sp³-hybridized carbons (Fsp3) is 0.909. The molecule has 3 heteroatoms. The second-order valence-corrected chi connectivity index (χ2v) is 4.61. The third-order valence-electron chi connectivity index (χ3n) is 2.52. The van der Waals surface area contributed by atoms with E-state index in [0.717, 1.165) is 13.0 Å². The van der Waals surface area contributed by atoms with Crippen LogP contribution in [0, 0.1) is 11.8 Å². The number of hydrogen-bond acceptors (Lipinski definition) is 2. The van der Waals surface area contributed by atoms with Crippen LogP contribution in [0.2, 0.25) is 0 Å². The van der Waals surface area contributed by atoms with E-state index in [1.54, 1.807) is 4.90 Å². The molecule has 0 unspecified atom stereocenters. The van der Waals surface area contributed by atoms with E-state index in [-0.39, 0.29) is 17.9 Å². The van der Waals surface area contributed by atoms with Gasteiger partial charge in [-0.25, -0.2) is 0 Å². The molecular formula is C11H24N2O. The fourth-order valence-corrected chi connectivity index (χ4v) is 1.23. The molecule has 0 aliphatic carbocycles. The first-order chi connectivity index (χ1) is 6.36. The summed E-state index contributed by atoms with van der Waals surface area (Å²) in [6.45, 7) is 8.81. The summed E-state index contributed by atoms with van der Waals surface area (Å²) in [5, 5.41) is 0. The van der Waals surface area contributed by atoms with Crippen LogP contribution in [0.15, 0.2) is 0 Å². The molecule has 14 heavy (non-hydrogen) atoms. The van der Waals surface area contributed by atoms with Gasteiger partial charge in [0.2, 0.25) is 5.91 Å². The number of amides is 1. The normalized spacial score (nSPS) is 13.4. The highest BCUT2D eigenvalue weighted by molar-refractivity contribution is 5.77. The first-order valence-electron chi connectivity index (χ1n) is 5.36. The summed E-state index contributed by atoms with van der Waals surface area (Å²) in [4.78, 5) is 13.3. The van der Waals surface area contributed by atoms with Gasteiger partial charge in [0.15, 0.2) is 0 Å². The van der Waals surface area contributed by atoms with E-state index in [1.165, 1.54) is 0 Å². The van der Waals surface area contributed by atoms with Crippen LogP contribution in [0.1, 0.15) is 34.1 Å². The molecule has 1 atom stereocenters. The summed E-state index contributed by atoms with van der Waals surface area (Å²) in [5.41, 5.74) is 5.90. The van der Waals surface area contributed by atoms with Crippen molar-refractivity contribution in [2.75, 3.05) is 13.6 Å². The topological polar surface area (TPSA) is 46.3 Å². The Labute approximate surface area is 87.6 Å². The molecule has 0 fully saturated rings. The lowest BCUT2D eigenvalue weighted by atomic mass is 10.0. The summed E-state index contributed by atoms with van der Waals surface area (Å²) in [5.74, 6) is 0.758. The zero-order chi connectivity index (χ0) is 11.3. The van der Waals surface area contributed by atoms with Gasteiger partial charge in [0.1, 0.15) is 0 Å². The number of hydrogen-bond donors (Lipinski definition) is 1. The molecule has 0 aliphatic heterocycles. The molecule has 0 heterocycles. The molecule has 0 aromatic rings. The van der Waals surface area contributed by atoms with Crippen LogP contribution >= 0.6 is 0 Å². The van der Waals surface area contributed by atoms with Crippen LogP contribution in [0.4, 0.5) is 0 Å². The van der Waals surface area contributed by atoms with Crippen molar-refractivity contribution in [2.24, 2.45) is 17.6 Å². The van der Waals surface area contributed by atoms with Gasteiger partial charge >= 0.3 is 0 Å². The molecule has 0 aromatic heterocycles. The molecule has 0 bridgehead atoms. The van der Waals surface area contributed by atoms with Gasteiger partial charge in [-0.3, -0.25) is 4.79 Å². The molecule has 0 aliphatic rings. The summed E-state index contributed by atoms with van der Waals surface area (Å²) in [6.07, 6.45) is 0.882. The maximum atomic E-state index is 11.5. The van der Waals surface area contributed by atoms with Gasteiger partial charge in [-0.05, 0) is 12.3 Å². The minimum Gasteiger partial charge on any atom is -0.345 e. The Balaban J connectivity index is 3.85. The van der Waals surface area contributed by atoms with E-state index in [4.69, 9.17) is 5.73 Å². The first-order valence-corrected chi connectivity index (χ1v) is 5.36. The Morgan fingerprint density at radius 1 is 1.29 bits per heavy atom. The molecule has 2 N–H and O–H groups in total. The van der Waals surface area contributed by atoms with Crippen LogP contribution in [0.25, 0.3) is 0 Å². The van der Waals surface area contributed by atoms with Crippen LogP contribution in [0.3, 0.4) is 0 Å². The lowest BCUT2D eigenvalue weighted by Gasteiger charge is -2.22. The molecule has 0 saturated carbocycles. The van der Waals surface area contributed by atoms with Crippen molar-refractivity contribution in [1.29, 1.82) is 0 Å². The molecule has 0 spiro atoms. The van der Waals surface area contributed by atoms with Crippen molar-refractivity contribution in [3.8, 4) is 0 Å². The van der Waals surface area contributed by atoms with Crippen molar-refractivity contribution in [3.63, 3.8) is 0 Å². The monoisotopic (exact) mass is 200 g/mol. The largest absolute Gasteiger partial charge is 0.345 e. The SMILES string of the molecule is CC(C)C(=O)N(C)CC[C@H](N)C(C)C. The van der Waals surface area contributed by atoms with Crippen molar-refractivity contribution in [3.05, 3.63) is 0 Å². The number of nitrogens with zero attached hydrogens (tertiary/aromatic N) is 1. The zero-order valence-corrected chi connectivity index (χ0v) is 10.1. The van der Waals surface area contributed by atoms with E-state index >= 15 is 0 Å². The van der Waals surface area contributed by atoms with Gasteiger partial charge in [0.05, 0.1) is 0 Å². The first kappa shape index (κ1) is 13.4. The maximum absolute atomic E-state index is 11.5. The minimum absolute atomic E-state index is 0.0790. The Morgan fingerprint density at radius 3 is 2.14 bits per heavy atom. The van der Waals surface area contributed by atoms with Gasteiger partial charge in [0.25, 0.3) is 0 Å². The highest BCUT2D eigenvalue weighted by Gasteiger charge is 2.14. The van der Waals surface area contributed by atoms with E-state index in [0.29, 0.717) is 5.92 Å². The number of carbonyl (C=O) groups excluding carboxylic acids is 1. The second kappa shape index (κ2) is 6.02. The predicted octanol–water partition coefficient (Wildman–Crippen LogP) is 1.47. The third-order valence-corrected chi connectivity index (χ3v) is 2.52. The van der Waals surface area contributed by atoms with Crippen LogP contribution in [-0.4, -0.2) is 30.4 Å². The van der Waals surface area contributed by atoms with Gasteiger partial charge in [-0.2, -0.15) is 0 Å². The summed E-state index contributed by atoms with van der Waals surface area (Å²) < 4.78 is 0. The van der Waals surface area contributed by atoms with Crippen molar-refractivity contribution in [2.45, 2.75) is 40.2 Å². The van der Waals surface area contributed by atoms with E-state index < -0.39 is 0 Å². The quantitative estimate of drug-likeness (QED) is 0.730. The van der Waals surface area contributed by atoms with Crippen molar-refractivity contribution >= 4 is 5.91 Å². The maximum Gasteiger partial charge on any atom is 0.224 e. The molecule has 3 nitrogen and oxygen atoms in total. The fourth-order valence-electron chi connectivity index (χ4n) is 1.23. The summed E-state index contributed by atoms with van der Waals surface area (Å²) in [7, 11) is 1.84. The number of carbonyl (C=O) groups is 1. The van der Waals surface area contributed by atoms with Crippen LogP contribution in [-0.2, 0) is 4.79 Å². The van der Waals surface area contributed by atoms with Crippen LogP contribution < -0.4 is 5.73 Å². The average Bonchev–Trinajstić information content (AvgIpc) is 2.11. The number of nitrogens with two attached hydrogens (primary N) is 1. The molecule has 0 radical (unpaired) electrons. The highest BCUT2D eigenvalue weighted by Crippen LogP contribution is 2.05. The van der Waals surface area contributed by atoms with Gasteiger partial charge in [-0.15, -0.1) is 0 Å².